The lowest BCUT2D eigenvalue weighted by molar-refractivity contribution is -0.124. The molecule has 1 aliphatic heterocycles. The van der Waals surface area contributed by atoms with Gasteiger partial charge in [0.15, 0.2) is 0 Å². The molecule has 0 radical (unpaired) electrons. The second-order valence-corrected chi connectivity index (χ2v) is 6.51. The van der Waals surface area contributed by atoms with Crippen LogP contribution < -0.4 is 10.2 Å². The number of hydrogen-bond acceptors (Lipinski definition) is 5. The van der Waals surface area contributed by atoms with Gasteiger partial charge in [0.05, 0.1) is 19.7 Å². The summed E-state index contributed by atoms with van der Waals surface area (Å²) in [6.45, 7) is 7.09. The number of likely N-dealkylation sites (N-methyl/N-ethyl adjacent to an activating group) is 1. The Kier molecular flexibility index (Phi) is 8.63. The summed E-state index contributed by atoms with van der Waals surface area (Å²) in [4.78, 5) is 30.3. The van der Waals surface area contributed by atoms with E-state index in [-0.39, 0.29) is 17.6 Å². The number of halogens is 1. The molecule has 0 aliphatic carbocycles. The summed E-state index contributed by atoms with van der Waals surface area (Å²) in [6.07, 6.45) is 0. The van der Waals surface area contributed by atoms with Crippen molar-refractivity contribution in [2.75, 3.05) is 71.0 Å². The molecule has 0 atom stereocenters. The van der Waals surface area contributed by atoms with E-state index in [9.17, 15) is 14.0 Å². The first-order chi connectivity index (χ1) is 13.0. The van der Waals surface area contributed by atoms with Gasteiger partial charge < -0.3 is 15.0 Å². The van der Waals surface area contributed by atoms with Gasteiger partial charge in [-0.05, 0) is 31.2 Å². The van der Waals surface area contributed by atoms with Gasteiger partial charge in [-0.15, -0.1) is 0 Å². The van der Waals surface area contributed by atoms with Crippen LogP contribution in [0.4, 0.5) is 10.1 Å². The van der Waals surface area contributed by atoms with Crippen molar-refractivity contribution in [2.24, 2.45) is 0 Å². The molecule has 8 heteroatoms. The molecule has 0 bridgehead atoms. The van der Waals surface area contributed by atoms with Gasteiger partial charge in [0, 0.05) is 52.1 Å². The molecule has 0 unspecified atom stereocenters. The highest BCUT2D eigenvalue weighted by Crippen LogP contribution is 2.15. The molecule has 1 aromatic rings. The number of amides is 2. The molecule has 0 spiro atoms. The van der Waals surface area contributed by atoms with Crippen molar-refractivity contribution in [3.63, 3.8) is 0 Å². The van der Waals surface area contributed by atoms with Gasteiger partial charge >= 0.3 is 0 Å². The normalized spacial score (nSPS) is 15.5. The average molecular weight is 380 g/mol. The van der Waals surface area contributed by atoms with Crippen LogP contribution in [0, 0.1) is 5.82 Å². The minimum atomic E-state index is -0.315. The van der Waals surface area contributed by atoms with Crippen molar-refractivity contribution in [1.82, 2.24) is 15.1 Å². The molecule has 1 N–H and O–H groups in total. The highest BCUT2D eigenvalue weighted by atomic mass is 19.1. The molecule has 0 aromatic heterocycles. The second kappa shape index (κ2) is 11.0. The predicted molar refractivity (Wildman–Crippen MR) is 102 cm³/mol. The number of carbonyl (C=O) groups is 2. The lowest BCUT2D eigenvalue weighted by Crippen LogP contribution is -2.52. The summed E-state index contributed by atoms with van der Waals surface area (Å²) in [5.74, 6) is -0.329. The van der Waals surface area contributed by atoms with Crippen LogP contribution in [0.1, 0.15) is 6.92 Å². The Labute approximate surface area is 160 Å². The molecular weight excluding hydrogens is 351 g/mol. The maximum atomic E-state index is 13.1. The Balaban J connectivity index is 1.76. The van der Waals surface area contributed by atoms with Gasteiger partial charge in [0.2, 0.25) is 11.8 Å². The van der Waals surface area contributed by atoms with E-state index < -0.39 is 0 Å². The Bertz CT molecular complexity index is 603. The maximum absolute atomic E-state index is 13.1. The smallest absolute Gasteiger partial charge is 0.241 e. The lowest BCUT2D eigenvalue weighted by atomic mass is 10.2. The second-order valence-electron chi connectivity index (χ2n) is 6.51. The maximum Gasteiger partial charge on any atom is 0.241 e. The van der Waals surface area contributed by atoms with Crippen LogP contribution in [-0.4, -0.2) is 87.7 Å². The third kappa shape index (κ3) is 6.89. The first kappa shape index (κ1) is 21.3. The van der Waals surface area contributed by atoms with Crippen molar-refractivity contribution in [2.45, 2.75) is 6.92 Å². The number of hydrogen-bond donors (Lipinski definition) is 1. The molecule has 1 aromatic carbocycles. The monoisotopic (exact) mass is 380 g/mol. The molecule has 1 aliphatic rings. The highest BCUT2D eigenvalue weighted by molar-refractivity contribution is 5.94. The van der Waals surface area contributed by atoms with Crippen molar-refractivity contribution < 1.29 is 18.7 Å². The van der Waals surface area contributed by atoms with Crippen LogP contribution in [0.2, 0.25) is 0 Å². The van der Waals surface area contributed by atoms with E-state index in [0.717, 1.165) is 26.2 Å². The van der Waals surface area contributed by atoms with Gasteiger partial charge in [-0.1, -0.05) is 0 Å². The van der Waals surface area contributed by atoms with Crippen LogP contribution in [0.25, 0.3) is 0 Å². The van der Waals surface area contributed by atoms with E-state index in [2.05, 4.69) is 15.1 Å². The Morgan fingerprint density at radius 3 is 2.26 bits per heavy atom. The number of nitrogens with one attached hydrogen (secondary N) is 1. The predicted octanol–water partition coefficient (Wildman–Crippen LogP) is 0.559. The Morgan fingerprint density at radius 2 is 1.70 bits per heavy atom. The molecular formula is C19H29FN4O3. The van der Waals surface area contributed by atoms with Gasteiger partial charge in [0.25, 0.3) is 0 Å². The topological polar surface area (TPSA) is 65.1 Å². The third-order valence-corrected chi connectivity index (χ3v) is 4.57. The molecule has 2 amide bonds. The number of rotatable bonds is 9. The lowest BCUT2D eigenvalue weighted by Gasteiger charge is -2.35. The van der Waals surface area contributed by atoms with E-state index in [0.29, 0.717) is 38.5 Å². The Hall–Kier alpha value is -2.03. The fourth-order valence-corrected chi connectivity index (χ4v) is 3.06. The average Bonchev–Trinajstić information content (AvgIpc) is 2.66. The largest absolute Gasteiger partial charge is 0.383 e. The van der Waals surface area contributed by atoms with Crippen LogP contribution in [0.15, 0.2) is 24.3 Å². The summed E-state index contributed by atoms with van der Waals surface area (Å²) < 4.78 is 18.0. The van der Waals surface area contributed by atoms with Gasteiger partial charge in [-0.2, -0.15) is 0 Å². The first-order valence-electron chi connectivity index (χ1n) is 9.29. The zero-order chi connectivity index (χ0) is 19.6. The summed E-state index contributed by atoms with van der Waals surface area (Å²) in [6, 6.07) is 5.97. The summed E-state index contributed by atoms with van der Waals surface area (Å²) in [5.41, 5.74) is 0.704. The number of ether oxygens (including phenoxy) is 1. The molecule has 2 rings (SSSR count). The van der Waals surface area contributed by atoms with Crippen LogP contribution in [-0.2, 0) is 14.3 Å². The van der Waals surface area contributed by atoms with E-state index in [1.165, 1.54) is 12.1 Å². The molecule has 0 saturated carbocycles. The molecule has 27 heavy (non-hydrogen) atoms. The number of methoxy groups -OCH3 is 1. The number of carbonyl (C=O) groups excluding carboxylic acids is 2. The van der Waals surface area contributed by atoms with Crippen LogP contribution in [0.5, 0.6) is 0 Å². The Morgan fingerprint density at radius 1 is 1.11 bits per heavy atom. The van der Waals surface area contributed by atoms with Crippen molar-refractivity contribution in [3.8, 4) is 0 Å². The fourth-order valence-electron chi connectivity index (χ4n) is 3.06. The van der Waals surface area contributed by atoms with Crippen molar-refractivity contribution in [1.29, 1.82) is 0 Å². The third-order valence-electron chi connectivity index (χ3n) is 4.57. The minimum absolute atomic E-state index is 0.00475. The number of anilines is 1. The van der Waals surface area contributed by atoms with Crippen LogP contribution in [0.3, 0.4) is 0 Å². The molecule has 150 valence electrons. The standard InChI is InChI=1S/C19H29FN4O3/c1-3-24(17-6-4-16(20)5-7-17)19(26)15-23-11-9-22(10-12-23)14-18(25)21-8-13-27-2/h4-7H,3,8-15H2,1-2H3,(H,21,25). The van der Waals surface area contributed by atoms with Crippen molar-refractivity contribution in [3.05, 3.63) is 30.1 Å². The molecule has 1 heterocycles. The fraction of sp³-hybridized carbons (Fsp3) is 0.579. The van der Waals surface area contributed by atoms with Gasteiger partial charge in [-0.25, -0.2) is 4.39 Å². The zero-order valence-electron chi connectivity index (χ0n) is 16.1. The number of nitrogens with zero attached hydrogens (tertiary/aromatic N) is 3. The molecule has 1 saturated heterocycles. The zero-order valence-corrected chi connectivity index (χ0v) is 16.1. The summed E-state index contributed by atoms with van der Waals surface area (Å²) in [5, 5.41) is 2.81. The van der Waals surface area contributed by atoms with E-state index in [4.69, 9.17) is 4.74 Å². The van der Waals surface area contributed by atoms with E-state index in [1.54, 1.807) is 24.1 Å². The highest BCUT2D eigenvalue weighted by Gasteiger charge is 2.23. The van der Waals surface area contributed by atoms with E-state index >= 15 is 0 Å². The SMILES string of the molecule is CCN(C(=O)CN1CCN(CC(=O)NCCOC)CC1)c1ccc(F)cc1. The minimum Gasteiger partial charge on any atom is -0.383 e. The summed E-state index contributed by atoms with van der Waals surface area (Å²) >= 11 is 0. The van der Waals surface area contributed by atoms with Crippen LogP contribution >= 0.6 is 0 Å². The summed E-state index contributed by atoms with van der Waals surface area (Å²) in [7, 11) is 1.60. The number of benzene rings is 1. The molecule has 7 nitrogen and oxygen atoms in total. The van der Waals surface area contributed by atoms with Crippen molar-refractivity contribution >= 4 is 17.5 Å². The van der Waals surface area contributed by atoms with E-state index in [1.807, 2.05) is 6.92 Å². The first-order valence-corrected chi connectivity index (χ1v) is 9.29. The quantitative estimate of drug-likeness (QED) is 0.634. The van der Waals surface area contributed by atoms with Gasteiger partial charge in [0.1, 0.15) is 5.82 Å². The van der Waals surface area contributed by atoms with Gasteiger partial charge in [-0.3, -0.25) is 19.4 Å². The number of piperazine rings is 1. The molecule has 1 fully saturated rings.